The Bertz CT molecular complexity index is 1110. The van der Waals surface area contributed by atoms with Crippen LogP contribution in [0.15, 0.2) is 65.3 Å². The van der Waals surface area contributed by atoms with Crippen LogP contribution in [0.4, 0.5) is 5.69 Å². The molecule has 2 heterocycles. The number of rotatable bonds is 5. The molecule has 3 aromatic rings. The van der Waals surface area contributed by atoms with Gasteiger partial charge in [-0.25, -0.2) is 0 Å². The van der Waals surface area contributed by atoms with E-state index in [1.54, 1.807) is 24.5 Å². The van der Waals surface area contributed by atoms with Gasteiger partial charge < -0.3 is 9.73 Å². The number of nitrogens with one attached hydrogen (secondary N) is 1. The molecule has 1 unspecified atom stereocenters. The zero-order valence-electron chi connectivity index (χ0n) is 19.8. The smallest absolute Gasteiger partial charge is 0.295 e. The third-order valence-corrected chi connectivity index (χ3v) is 5.22. The molecule has 3 rings (SSSR count). The summed E-state index contributed by atoms with van der Waals surface area (Å²) in [7, 11) is 0. The van der Waals surface area contributed by atoms with Crippen LogP contribution < -0.4 is 10.2 Å². The number of halogens is 1. The van der Waals surface area contributed by atoms with Gasteiger partial charge in [0.2, 0.25) is 5.91 Å². The molecule has 1 atom stereocenters. The van der Waals surface area contributed by atoms with E-state index in [2.05, 4.69) is 31.1 Å². The van der Waals surface area contributed by atoms with Crippen molar-refractivity contribution >= 4 is 29.1 Å². The molecule has 2 amide bonds. The topological polar surface area (TPSA) is 75.4 Å². The first-order chi connectivity index (χ1) is 15.4. The fraction of sp³-hybridized carbons (Fsp3) is 0.346. The average Bonchev–Trinajstić information content (AvgIpc) is 3.16. The Morgan fingerprint density at radius 1 is 1.00 bits per heavy atom. The molecule has 174 valence electrons. The highest BCUT2D eigenvalue weighted by Gasteiger charge is 2.36. The predicted molar refractivity (Wildman–Crippen MR) is 131 cm³/mol. The van der Waals surface area contributed by atoms with Gasteiger partial charge in [0.25, 0.3) is 5.91 Å². The lowest BCUT2D eigenvalue weighted by Gasteiger charge is -2.33. The van der Waals surface area contributed by atoms with Crippen LogP contribution in [-0.2, 0) is 10.2 Å². The minimum Gasteiger partial charge on any atom is -0.440 e. The second-order valence-electron chi connectivity index (χ2n) is 10.0. The van der Waals surface area contributed by atoms with Crippen LogP contribution in [-0.4, -0.2) is 22.3 Å². The van der Waals surface area contributed by atoms with E-state index in [-0.39, 0.29) is 22.3 Å². The molecule has 7 heteroatoms. The Morgan fingerprint density at radius 2 is 1.67 bits per heavy atom. The predicted octanol–water partition coefficient (Wildman–Crippen LogP) is 5.93. The Morgan fingerprint density at radius 3 is 2.15 bits per heavy atom. The van der Waals surface area contributed by atoms with Crippen LogP contribution >= 0.6 is 11.6 Å². The van der Waals surface area contributed by atoms with Crippen molar-refractivity contribution < 1.29 is 14.0 Å². The van der Waals surface area contributed by atoms with E-state index in [1.165, 1.54) is 17.0 Å². The number of nitrogens with zero attached hydrogens (tertiary/aromatic N) is 2. The van der Waals surface area contributed by atoms with Gasteiger partial charge in [-0.2, -0.15) is 0 Å². The first-order valence-corrected chi connectivity index (χ1v) is 11.2. The van der Waals surface area contributed by atoms with Crippen LogP contribution in [0.5, 0.6) is 0 Å². The number of hydrogen-bond donors (Lipinski definition) is 1. The van der Waals surface area contributed by atoms with Gasteiger partial charge in [-0.05, 0) is 73.7 Å². The van der Waals surface area contributed by atoms with Crippen molar-refractivity contribution in [2.45, 2.75) is 58.5 Å². The van der Waals surface area contributed by atoms with E-state index in [0.29, 0.717) is 11.3 Å². The Balaban J connectivity index is 2.17. The summed E-state index contributed by atoms with van der Waals surface area (Å²) in [6.07, 6.45) is 3.21. The maximum atomic E-state index is 13.7. The maximum absolute atomic E-state index is 13.7. The van der Waals surface area contributed by atoms with Crippen LogP contribution in [0.25, 0.3) is 0 Å². The highest BCUT2D eigenvalue weighted by Crippen LogP contribution is 2.32. The molecular formula is C26H30ClN3O3. The Kier molecular flexibility index (Phi) is 6.98. The molecule has 0 fully saturated rings. The molecule has 6 nitrogen and oxygen atoms in total. The number of hydrogen-bond acceptors (Lipinski definition) is 4. The van der Waals surface area contributed by atoms with Gasteiger partial charge in [0.1, 0.15) is 6.04 Å². The molecule has 0 aliphatic carbocycles. The number of carbonyl (C=O) groups excluding carboxylic acids is 2. The first kappa shape index (κ1) is 24.5. The summed E-state index contributed by atoms with van der Waals surface area (Å²) in [5.41, 5.74) is 1.67. The fourth-order valence-electron chi connectivity index (χ4n) is 3.45. The normalized spacial score (nSPS) is 12.8. The Hall–Kier alpha value is -3.12. The van der Waals surface area contributed by atoms with E-state index in [0.717, 1.165) is 5.56 Å². The van der Waals surface area contributed by atoms with E-state index in [9.17, 15) is 9.59 Å². The molecule has 2 aromatic heterocycles. The molecule has 0 aliphatic heterocycles. The molecule has 0 bridgehead atoms. The second-order valence-corrected chi connectivity index (χ2v) is 10.4. The zero-order chi connectivity index (χ0) is 24.4. The molecule has 0 saturated heterocycles. The lowest BCUT2D eigenvalue weighted by molar-refractivity contribution is -0.123. The number of furan rings is 1. The summed E-state index contributed by atoms with van der Waals surface area (Å²) in [6.45, 7) is 12.0. The van der Waals surface area contributed by atoms with E-state index in [1.807, 2.05) is 45.0 Å². The quantitative estimate of drug-likeness (QED) is 0.504. The molecule has 1 aromatic carbocycles. The van der Waals surface area contributed by atoms with Crippen molar-refractivity contribution in [2.24, 2.45) is 0 Å². The zero-order valence-corrected chi connectivity index (χ0v) is 20.6. The van der Waals surface area contributed by atoms with Crippen LogP contribution in [0.3, 0.4) is 0 Å². The number of carbonyl (C=O) groups is 2. The minimum atomic E-state index is -0.977. The summed E-state index contributed by atoms with van der Waals surface area (Å²) in [6, 6.07) is 13.2. The van der Waals surface area contributed by atoms with Crippen LogP contribution in [0.1, 0.15) is 69.3 Å². The van der Waals surface area contributed by atoms with Crippen molar-refractivity contribution in [3.63, 3.8) is 0 Å². The number of pyridine rings is 1. The number of amides is 2. The first-order valence-electron chi connectivity index (χ1n) is 10.8. The standard InChI is InChI=1S/C26H30ClN3O3/c1-25(2,3)18-9-11-19(12-10-18)30(24(32)20-13-14-21(27)33-20)22(17-8-7-15-28-16-17)23(31)29-26(4,5)6/h7-16,22H,1-6H3,(H,29,31). The fourth-order valence-corrected chi connectivity index (χ4v) is 3.59. The monoisotopic (exact) mass is 467 g/mol. The largest absolute Gasteiger partial charge is 0.440 e. The van der Waals surface area contributed by atoms with Gasteiger partial charge in [0, 0.05) is 29.2 Å². The highest BCUT2D eigenvalue weighted by atomic mass is 35.5. The lowest BCUT2D eigenvalue weighted by Crippen LogP contribution is -2.49. The van der Waals surface area contributed by atoms with E-state index in [4.69, 9.17) is 16.0 Å². The van der Waals surface area contributed by atoms with Crippen molar-refractivity contribution in [1.29, 1.82) is 0 Å². The molecule has 0 radical (unpaired) electrons. The molecule has 0 spiro atoms. The Labute approximate surface area is 200 Å². The minimum absolute atomic E-state index is 0.0392. The number of benzene rings is 1. The summed E-state index contributed by atoms with van der Waals surface area (Å²) in [5, 5.41) is 3.09. The van der Waals surface area contributed by atoms with Crippen molar-refractivity contribution in [1.82, 2.24) is 10.3 Å². The van der Waals surface area contributed by atoms with E-state index >= 15 is 0 Å². The third kappa shape index (κ3) is 6.02. The van der Waals surface area contributed by atoms with E-state index < -0.39 is 17.5 Å². The highest BCUT2D eigenvalue weighted by molar-refractivity contribution is 6.29. The SMILES string of the molecule is CC(C)(C)NC(=O)C(c1cccnc1)N(C(=O)c1ccc(Cl)o1)c1ccc(C(C)(C)C)cc1. The van der Waals surface area contributed by atoms with Crippen molar-refractivity contribution in [3.8, 4) is 0 Å². The maximum Gasteiger partial charge on any atom is 0.295 e. The number of aromatic nitrogens is 1. The summed E-state index contributed by atoms with van der Waals surface area (Å²) in [5.74, 6) is -0.776. The summed E-state index contributed by atoms with van der Waals surface area (Å²) < 4.78 is 5.42. The second kappa shape index (κ2) is 9.40. The van der Waals surface area contributed by atoms with Gasteiger partial charge in [0.05, 0.1) is 0 Å². The van der Waals surface area contributed by atoms with Gasteiger partial charge >= 0.3 is 0 Å². The van der Waals surface area contributed by atoms with Gasteiger partial charge in [-0.3, -0.25) is 19.5 Å². The molecular weight excluding hydrogens is 438 g/mol. The van der Waals surface area contributed by atoms with Gasteiger partial charge in [0.15, 0.2) is 11.0 Å². The van der Waals surface area contributed by atoms with Crippen LogP contribution in [0.2, 0.25) is 5.22 Å². The summed E-state index contributed by atoms with van der Waals surface area (Å²) in [4.78, 5) is 32.9. The molecule has 0 aliphatic rings. The molecule has 33 heavy (non-hydrogen) atoms. The average molecular weight is 468 g/mol. The van der Waals surface area contributed by atoms with Gasteiger partial charge in [-0.15, -0.1) is 0 Å². The summed E-state index contributed by atoms with van der Waals surface area (Å²) >= 11 is 5.95. The van der Waals surface area contributed by atoms with Crippen molar-refractivity contribution in [2.75, 3.05) is 4.90 Å². The lowest BCUT2D eigenvalue weighted by atomic mass is 9.87. The van der Waals surface area contributed by atoms with Crippen molar-refractivity contribution in [3.05, 3.63) is 83.0 Å². The molecule has 0 saturated carbocycles. The third-order valence-electron chi connectivity index (χ3n) is 5.02. The van der Waals surface area contributed by atoms with Crippen LogP contribution in [0, 0.1) is 0 Å². The van der Waals surface area contributed by atoms with Gasteiger partial charge in [-0.1, -0.05) is 39.0 Å². The number of anilines is 1. The molecule has 1 N–H and O–H groups in total.